The molecule has 1 rings (SSSR count). The molecule has 166 valence electrons. The normalized spacial score (nSPS) is 10.6. The van der Waals surface area contributed by atoms with E-state index in [2.05, 4.69) is 20.8 Å². The molecular weight excluding hydrogens is 368 g/mol. The first-order valence-electron chi connectivity index (χ1n) is 11.4. The minimum absolute atomic E-state index is 0.327. The quantitative estimate of drug-likeness (QED) is 0.215. The van der Waals surface area contributed by atoms with Crippen LogP contribution in [0.1, 0.15) is 95.8 Å². The molecule has 0 atom stereocenters. The van der Waals surface area contributed by atoms with Crippen molar-refractivity contribution < 1.29 is 23.7 Å². The van der Waals surface area contributed by atoms with Crippen molar-refractivity contribution in [3.05, 3.63) is 17.7 Å². The summed E-state index contributed by atoms with van der Waals surface area (Å²) in [7, 11) is 0. The lowest BCUT2D eigenvalue weighted by atomic mass is 10.1. The van der Waals surface area contributed by atoms with Crippen LogP contribution >= 0.6 is 0 Å². The molecule has 0 N–H and O–H groups in total. The van der Waals surface area contributed by atoms with Crippen LogP contribution in [0.25, 0.3) is 0 Å². The molecule has 5 nitrogen and oxygen atoms in total. The Morgan fingerprint density at radius 2 is 1.14 bits per heavy atom. The van der Waals surface area contributed by atoms with Gasteiger partial charge in [0.2, 0.25) is 5.75 Å². The predicted octanol–water partition coefficient (Wildman–Crippen LogP) is 6.57. The van der Waals surface area contributed by atoms with Gasteiger partial charge in [0.15, 0.2) is 11.5 Å². The molecule has 0 bridgehead atoms. The highest BCUT2D eigenvalue weighted by Gasteiger charge is 2.19. The first kappa shape index (κ1) is 25.1. The molecule has 0 aliphatic rings. The van der Waals surface area contributed by atoms with Gasteiger partial charge in [0, 0.05) is 0 Å². The third-order valence-corrected chi connectivity index (χ3v) is 4.54. The van der Waals surface area contributed by atoms with E-state index < -0.39 is 0 Å². The summed E-state index contributed by atoms with van der Waals surface area (Å²) in [5.74, 6) is 1.35. The van der Waals surface area contributed by atoms with Crippen molar-refractivity contribution in [1.29, 1.82) is 0 Å². The van der Waals surface area contributed by atoms with Crippen molar-refractivity contribution in [2.75, 3.05) is 26.4 Å². The van der Waals surface area contributed by atoms with Crippen molar-refractivity contribution in [1.82, 2.24) is 0 Å². The van der Waals surface area contributed by atoms with Crippen molar-refractivity contribution in [2.24, 2.45) is 0 Å². The van der Waals surface area contributed by atoms with Gasteiger partial charge < -0.3 is 18.9 Å². The predicted molar refractivity (Wildman–Crippen MR) is 117 cm³/mol. The first-order valence-corrected chi connectivity index (χ1v) is 11.4. The molecule has 0 aliphatic heterocycles. The van der Waals surface area contributed by atoms with Crippen molar-refractivity contribution in [3.63, 3.8) is 0 Å². The number of hydrogen-bond donors (Lipinski definition) is 0. The minimum atomic E-state index is -0.373. The summed E-state index contributed by atoms with van der Waals surface area (Å²) in [4.78, 5) is 12.3. The molecule has 0 saturated heterocycles. The summed E-state index contributed by atoms with van der Waals surface area (Å²) in [6, 6.07) is 3.44. The molecule has 0 aromatic heterocycles. The highest BCUT2D eigenvalue weighted by Crippen LogP contribution is 2.39. The molecule has 0 fully saturated rings. The van der Waals surface area contributed by atoms with E-state index in [4.69, 9.17) is 18.9 Å². The summed E-state index contributed by atoms with van der Waals surface area (Å²) in [5, 5.41) is 0. The molecule has 0 amide bonds. The SMILES string of the molecule is CCCCCOc1cc(C(=O)OCC)cc(OCCCCC)c1OCCCCC. The molecule has 0 saturated carbocycles. The van der Waals surface area contributed by atoms with Crippen molar-refractivity contribution >= 4 is 5.97 Å². The second-order valence-corrected chi connectivity index (χ2v) is 7.19. The number of unbranched alkanes of at least 4 members (excludes halogenated alkanes) is 6. The first-order chi connectivity index (χ1) is 14.2. The molecule has 0 spiro atoms. The van der Waals surface area contributed by atoms with E-state index in [9.17, 15) is 4.79 Å². The van der Waals surface area contributed by atoms with Crippen LogP contribution in [0.15, 0.2) is 12.1 Å². The van der Waals surface area contributed by atoms with Gasteiger partial charge in [-0.3, -0.25) is 0 Å². The largest absolute Gasteiger partial charge is 0.490 e. The number of ether oxygens (including phenoxy) is 4. The average Bonchev–Trinajstić information content (AvgIpc) is 2.72. The maximum atomic E-state index is 12.3. The van der Waals surface area contributed by atoms with E-state index in [1.807, 2.05) is 0 Å². The maximum absolute atomic E-state index is 12.3. The van der Waals surface area contributed by atoms with Crippen LogP contribution in [-0.4, -0.2) is 32.4 Å². The van der Waals surface area contributed by atoms with Crippen molar-refractivity contribution in [3.8, 4) is 17.2 Å². The van der Waals surface area contributed by atoms with E-state index in [0.29, 0.717) is 49.2 Å². The van der Waals surface area contributed by atoms with E-state index in [0.717, 1.165) is 57.8 Å². The highest BCUT2D eigenvalue weighted by atomic mass is 16.5. The summed E-state index contributed by atoms with van der Waals surface area (Å²) in [5.41, 5.74) is 0.434. The Kier molecular flexibility index (Phi) is 13.8. The molecule has 0 heterocycles. The Morgan fingerprint density at radius 3 is 1.55 bits per heavy atom. The lowest BCUT2D eigenvalue weighted by Gasteiger charge is -2.18. The molecule has 1 aromatic carbocycles. The van der Waals surface area contributed by atoms with Gasteiger partial charge in [0.1, 0.15) is 0 Å². The maximum Gasteiger partial charge on any atom is 0.338 e. The van der Waals surface area contributed by atoms with Crippen LogP contribution in [0.5, 0.6) is 17.2 Å². The molecule has 0 unspecified atom stereocenters. The zero-order valence-electron chi connectivity index (χ0n) is 18.9. The van der Waals surface area contributed by atoms with Crippen LogP contribution in [0.3, 0.4) is 0 Å². The summed E-state index contributed by atoms with van der Waals surface area (Å²) >= 11 is 0. The number of rotatable bonds is 17. The Morgan fingerprint density at radius 1 is 0.690 bits per heavy atom. The van der Waals surface area contributed by atoms with E-state index >= 15 is 0 Å². The van der Waals surface area contributed by atoms with Gasteiger partial charge in [-0.15, -0.1) is 0 Å². The second kappa shape index (κ2) is 15.9. The van der Waals surface area contributed by atoms with Crippen molar-refractivity contribution in [2.45, 2.75) is 85.5 Å². The number of benzene rings is 1. The fourth-order valence-corrected chi connectivity index (χ4v) is 2.86. The Hall–Kier alpha value is -1.91. The molecule has 1 aromatic rings. The third-order valence-electron chi connectivity index (χ3n) is 4.54. The topological polar surface area (TPSA) is 54.0 Å². The molecule has 0 radical (unpaired) electrons. The zero-order chi connectivity index (χ0) is 21.3. The molecule has 5 heteroatoms. The van der Waals surface area contributed by atoms with Gasteiger partial charge >= 0.3 is 5.97 Å². The van der Waals surface area contributed by atoms with E-state index in [1.165, 1.54) is 0 Å². The van der Waals surface area contributed by atoms with Crippen LogP contribution in [0, 0.1) is 0 Å². The van der Waals surface area contributed by atoms with Gasteiger partial charge in [0.05, 0.1) is 32.0 Å². The molecule has 0 aliphatic carbocycles. The van der Waals surface area contributed by atoms with Gasteiger partial charge in [-0.1, -0.05) is 59.3 Å². The summed E-state index contributed by atoms with van der Waals surface area (Å²) in [6.07, 6.45) is 9.59. The van der Waals surface area contributed by atoms with Crippen LogP contribution in [0.4, 0.5) is 0 Å². The Balaban J connectivity index is 3.09. The number of esters is 1. The highest BCUT2D eigenvalue weighted by molar-refractivity contribution is 5.91. The zero-order valence-corrected chi connectivity index (χ0v) is 18.9. The van der Waals surface area contributed by atoms with Crippen LogP contribution in [-0.2, 0) is 4.74 Å². The number of hydrogen-bond acceptors (Lipinski definition) is 5. The summed E-state index contributed by atoms with van der Waals surface area (Å²) < 4.78 is 23.3. The Bertz CT molecular complexity index is 537. The minimum Gasteiger partial charge on any atom is -0.490 e. The van der Waals surface area contributed by atoms with E-state index in [-0.39, 0.29) is 5.97 Å². The smallest absolute Gasteiger partial charge is 0.338 e. The van der Waals surface area contributed by atoms with Crippen LogP contribution in [0.2, 0.25) is 0 Å². The second-order valence-electron chi connectivity index (χ2n) is 7.19. The summed E-state index contributed by atoms with van der Waals surface area (Å²) in [6.45, 7) is 10.4. The van der Waals surface area contributed by atoms with Gasteiger partial charge in [-0.25, -0.2) is 4.79 Å². The fraction of sp³-hybridized carbons (Fsp3) is 0.708. The number of carbonyl (C=O) groups excluding carboxylic acids is 1. The fourth-order valence-electron chi connectivity index (χ4n) is 2.86. The molecular formula is C24H40O5. The average molecular weight is 409 g/mol. The lowest BCUT2D eigenvalue weighted by Crippen LogP contribution is -2.10. The Labute approximate surface area is 177 Å². The van der Waals surface area contributed by atoms with Gasteiger partial charge in [0.25, 0.3) is 0 Å². The van der Waals surface area contributed by atoms with E-state index in [1.54, 1.807) is 19.1 Å². The monoisotopic (exact) mass is 408 g/mol. The van der Waals surface area contributed by atoms with Gasteiger partial charge in [-0.2, -0.15) is 0 Å². The molecule has 29 heavy (non-hydrogen) atoms. The third kappa shape index (κ3) is 9.91. The standard InChI is InChI=1S/C24H40O5/c1-5-9-12-15-27-21-18-20(24(25)26-8-4)19-22(28-16-13-10-6-2)23(21)29-17-14-11-7-3/h18-19H,5-17H2,1-4H3. The lowest BCUT2D eigenvalue weighted by molar-refractivity contribution is 0.0525. The van der Waals surface area contributed by atoms with Gasteiger partial charge in [-0.05, 0) is 38.3 Å². The van der Waals surface area contributed by atoms with Crippen LogP contribution < -0.4 is 14.2 Å². The number of carbonyl (C=O) groups is 1.